The van der Waals surface area contributed by atoms with Crippen LogP contribution in [0.2, 0.25) is 5.02 Å². The third-order valence-electron chi connectivity index (χ3n) is 6.32. The quantitative estimate of drug-likeness (QED) is 0.573. The van der Waals surface area contributed by atoms with Crippen molar-refractivity contribution in [2.75, 3.05) is 11.4 Å². The number of carbonyl (C=O) groups is 3. The van der Waals surface area contributed by atoms with Crippen molar-refractivity contribution in [3.63, 3.8) is 0 Å². The van der Waals surface area contributed by atoms with Gasteiger partial charge in [-0.15, -0.1) is 0 Å². The number of fused-ring (bicyclic) bond motifs is 3. The molecule has 3 aliphatic heterocycles. The summed E-state index contributed by atoms with van der Waals surface area (Å²) in [5.41, 5.74) is 0.781. The molecule has 3 fully saturated rings. The van der Waals surface area contributed by atoms with E-state index in [4.69, 9.17) is 11.6 Å². The summed E-state index contributed by atoms with van der Waals surface area (Å²) in [6.45, 7) is 0.674. The van der Waals surface area contributed by atoms with E-state index in [2.05, 4.69) is 0 Å². The molecule has 3 heterocycles. The molecule has 2 aromatic rings. The van der Waals surface area contributed by atoms with Crippen molar-refractivity contribution in [2.45, 2.75) is 24.9 Å². The standard InChI is InChI=1S/C22H18ClFN2O3/c23-13-3-1-4-15(11-13)26-21(28)17-16-5-2-10-25(16)19(18(17)22(26)29)20(27)12-6-8-14(24)9-7-12/h1,3-4,6-9,11,16-19H,2,5,10H2/t16-,17-,18+,19-/m1/s1. The fourth-order valence-corrected chi connectivity index (χ4v) is 5.35. The molecule has 148 valence electrons. The van der Waals surface area contributed by atoms with E-state index < -0.39 is 23.7 Å². The van der Waals surface area contributed by atoms with Gasteiger partial charge in [0.25, 0.3) is 0 Å². The topological polar surface area (TPSA) is 57.7 Å². The van der Waals surface area contributed by atoms with Crippen LogP contribution in [-0.2, 0) is 9.59 Å². The van der Waals surface area contributed by atoms with Crippen LogP contribution in [0.5, 0.6) is 0 Å². The number of hydrogen-bond acceptors (Lipinski definition) is 4. The van der Waals surface area contributed by atoms with Gasteiger partial charge in [0, 0.05) is 16.6 Å². The average Bonchev–Trinajstić information content (AvgIpc) is 3.34. The second-order valence-corrected chi connectivity index (χ2v) is 8.24. The molecule has 0 spiro atoms. The van der Waals surface area contributed by atoms with Gasteiger partial charge in [-0.3, -0.25) is 19.3 Å². The van der Waals surface area contributed by atoms with Crippen LogP contribution in [0.1, 0.15) is 23.2 Å². The lowest BCUT2D eigenvalue weighted by Gasteiger charge is -2.27. The predicted molar refractivity (Wildman–Crippen MR) is 105 cm³/mol. The van der Waals surface area contributed by atoms with E-state index in [1.54, 1.807) is 24.3 Å². The van der Waals surface area contributed by atoms with Crippen LogP contribution < -0.4 is 4.90 Å². The van der Waals surface area contributed by atoms with Crippen LogP contribution in [0.15, 0.2) is 48.5 Å². The number of ketones is 1. The molecule has 4 atom stereocenters. The molecule has 2 amide bonds. The third-order valence-corrected chi connectivity index (χ3v) is 6.55. The van der Waals surface area contributed by atoms with E-state index in [1.807, 2.05) is 4.90 Å². The molecule has 3 saturated heterocycles. The second-order valence-electron chi connectivity index (χ2n) is 7.81. The molecular weight excluding hydrogens is 395 g/mol. The Hall–Kier alpha value is -2.57. The number of anilines is 1. The van der Waals surface area contributed by atoms with Crippen molar-refractivity contribution >= 4 is 34.9 Å². The third kappa shape index (κ3) is 2.74. The molecule has 0 aromatic heterocycles. The van der Waals surface area contributed by atoms with E-state index in [9.17, 15) is 18.8 Å². The number of imide groups is 1. The molecule has 0 saturated carbocycles. The summed E-state index contributed by atoms with van der Waals surface area (Å²) in [5, 5.41) is 0.432. The van der Waals surface area contributed by atoms with Crippen LogP contribution in [0.3, 0.4) is 0 Å². The minimum Gasteiger partial charge on any atom is -0.292 e. The molecule has 0 unspecified atom stereocenters. The Kier molecular flexibility index (Phi) is 4.29. The van der Waals surface area contributed by atoms with E-state index in [0.717, 1.165) is 12.8 Å². The Balaban J connectivity index is 1.55. The normalized spacial score (nSPS) is 28.7. The van der Waals surface area contributed by atoms with E-state index >= 15 is 0 Å². The summed E-state index contributed by atoms with van der Waals surface area (Å²) in [4.78, 5) is 43.2. The summed E-state index contributed by atoms with van der Waals surface area (Å²) < 4.78 is 13.3. The van der Waals surface area contributed by atoms with Gasteiger partial charge in [-0.2, -0.15) is 0 Å². The van der Waals surface area contributed by atoms with Crippen molar-refractivity contribution < 1.29 is 18.8 Å². The van der Waals surface area contributed by atoms with Gasteiger partial charge in [-0.1, -0.05) is 17.7 Å². The SMILES string of the molecule is O=C(c1ccc(F)cc1)[C@H]1[C@H]2C(=O)N(c3cccc(Cl)c3)C(=O)[C@@H]2[C@H]2CCCN21. The molecule has 0 bridgehead atoms. The van der Waals surface area contributed by atoms with Crippen LogP contribution in [-0.4, -0.2) is 41.1 Å². The molecule has 5 rings (SSSR count). The maximum Gasteiger partial charge on any atom is 0.239 e. The first kappa shape index (κ1) is 18.5. The lowest BCUT2D eigenvalue weighted by atomic mass is 9.85. The zero-order valence-corrected chi connectivity index (χ0v) is 16.2. The zero-order valence-electron chi connectivity index (χ0n) is 15.4. The molecule has 3 aliphatic rings. The molecule has 0 N–H and O–H groups in total. The minimum absolute atomic E-state index is 0.130. The minimum atomic E-state index is -0.732. The van der Waals surface area contributed by atoms with Crippen LogP contribution in [0.4, 0.5) is 10.1 Å². The highest BCUT2D eigenvalue weighted by atomic mass is 35.5. The lowest BCUT2D eigenvalue weighted by molar-refractivity contribution is -0.123. The summed E-state index contributed by atoms with van der Waals surface area (Å²) >= 11 is 6.06. The van der Waals surface area contributed by atoms with Gasteiger partial charge in [0.2, 0.25) is 11.8 Å². The molecule has 29 heavy (non-hydrogen) atoms. The molecule has 2 aromatic carbocycles. The predicted octanol–water partition coefficient (Wildman–Crippen LogP) is 3.31. The molecule has 5 nitrogen and oxygen atoms in total. The first-order valence-electron chi connectivity index (χ1n) is 9.66. The van der Waals surface area contributed by atoms with Crippen molar-refractivity contribution in [1.82, 2.24) is 4.90 Å². The number of hydrogen-bond donors (Lipinski definition) is 0. The fourth-order valence-electron chi connectivity index (χ4n) is 5.17. The van der Waals surface area contributed by atoms with Crippen LogP contribution in [0.25, 0.3) is 0 Å². The number of carbonyl (C=O) groups excluding carboxylic acids is 3. The average molecular weight is 413 g/mol. The highest BCUT2D eigenvalue weighted by Crippen LogP contribution is 2.48. The van der Waals surface area contributed by atoms with E-state index in [1.165, 1.54) is 29.2 Å². The molecule has 0 radical (unpaired) electrons. The molecule has 7 heteroatoms. The number of halogens is 2. The first-order valence-corrected chi connectivity index (χ1v) is 10.0. The first-order chi connectivity index (χ1) is 14.0. The Morgan fingerprint density at radius 3 is 2.48 bits per heavy atom. The molecular formula is C22H18ClFN2O3. The van der Waals surface area contributed by atoms with Crippen LogP contribution >= 0.6 is 11.6 Å². The number of rotatable bonds is 3. The largest absolute Gasteiger partial charge is 0.292 e. The maximum atomic E-state index is 13.4. The fraction of sp³-hybridized carbons (Fsp3) is 0.318. The Bertz CT molecular complexity index is 1020. The number of nitrogens with zero attached hydrogens (tertiary/aromatic N) is 2. The second kappa shape index (κ2) is 6.75. The maximum absolute atomic E-state index is 13.4. The summed E-state index contributed by atoms with van der Waals surface area (Å²) in [5.74, 6) is -2.57. The van der Waals surface area contributed by atoms with Gasteiger partial charge in [-0.25, -0.2) is 9.29 Å². The van der Waals surface area contributed by atoms with Crippen molar-refractivity contribution in [3.05, 3.63) is 64.9 Å². The summed E-state index contributed by atoms with van der Waals surface area (Å²) in [7, 11) is 0. The highest BCUT2D eigenvalue weighted by Gasteiger charge is 2.64. The van der Waals surface area contributed by atoms with Crippen molar-refractivity contribution in [2.24, 2.45) is 11.8 Å². The van der Waals surface area contributed by atoms with Gasteiger partial charge in [0.15, 0.2) is 5.78 Å². The summed E-state index contributed by atoms with van der Waals surface area (Å²) in [6, 6.07) is 11.1. The Morgan fingerprint density at radius 2 is 1.76 bits per heavy atom. The van der Waals surface area contributed by atoms with Gasteiger partial charge in [0.05, 0.1) is 23.6 Å². The van der Waals surface area contributed by atoms with Crippen molar-refractivity contribution in [3.8, 4) is 0 Å². The smallest absolute Gasteiger partial charge is 0.239 e. The number of amides is 2. The highest BCUT2D eigenvalue weighted by molar-refractivity contribution is 6.31. The zero-order chi connectivity index (χ0) is 20.3. The van der Waals surface area contributed by atoms with E-state index in [0.29, 0.717) is 22.8 Å². The van der Waals surface area contributed by atoms with Gasteiger partial charge >= 0.3 is 0 Å². The number of benzene rings is 2. The van der Waals surface area contributed by atoms with Crippen molar-refractivity contribution in [1.29, 1.82) is 0 Å². The van der Waals surface area contributed by atoms with Gasteiger partial charge in [-0.05, 0) is 61.9 Å². The molecule has 0 aliphatic carbocycles. The van der Waals surface area contributed by atoms with E-state index in [-0.39, 0.29) is 23.6 Å². The van der Waals surface area contributed by atoms with Gasteiger partial charge in [0.1, 0.15) is 5.82 Å². The monoisotopic (exact) mass is 412 g/mol. The lowest BCUT2D eigenvalue weighted by Crippen LogP contribution is -2.46. The summed E-state index contributed by atoms with van der Waals surface area (Å²) in [6.07, 6.45) is 1.65. The number of Topliss-reactive ketones (excluding diaryl/α,β-unsaturated/α-hetero) is 1. The van der Waals surface area contributed by atoms with Gasteiger partial charge < -0.3 is 0 Å². The van der Waals surface area contributed by atoms with Crippen LogP contribution in [0, 0.1) is 17.7 Å². The Morgan fingerprint density at radius 1 is 1.03 bits per heavy atom. The Labute approximate surface area is 172 Å².